The number of carbonyl (C=O) groups excluding carboxylic acids is 1. The van der Waals surface area contributed by atoms with Crippen LogP contribution in [0.15, 0.2) is 22.7 Å². The van der Waals surface area contributed by atoms with Crippen LogP contribution < -0.4 is 4.74 Å². The molecule has 0 aliphatic carbocycles. The Morgan fingerprint density at radius 1 is 1.44 bits per heavy atom. The predicted molar refractivity (Wildman–Crippen MR) is 71.5 cm³/mol. The fourth-order valence-electron chi connectivity index (χ4n) is 1.45. The smallest absolute Gasteiger partial charge is 0.347 e. The van der Waals surface area contributed by atoms with Gasteiger partial charge < -0.3 is 14.6 Å². The first-order valence-corrected chi connectivity index (χ1v) is 6.55. The molecule has 0 saturated carbocycles. The summed E-state index contributed by atoms with van der Waals surface area (Å²) in [4.78, 5) is 11.5. The third-order valence-electron chi connectivity index (χ3n) is 2.35. The molecule has 0 heterocycles. The lowest BCUT2D eigenvalue weighted by atomic mass is 10.1. The highest BCUT2D eigenvalue weighted by atomic mass is 79.9. The molecule has 1 rings (SSSR count). The second-order valence-electron chi connectivity index (χ2n) is 3.87. The van der Waals surface area contributed by atoms with Crippen molar-refractivity contribution in [1.29, 1.82) is 0 Å². The van der Waals surface area contributed by atoms with E-state index >= 15 is 0 Å². The van der Waals surface area contributed by atoms with E-state index in [1.54, 1.807) is 32.9 Å². The Labute approximate surface area is 115 Å². The number of aliphatic hydroxyl groups is 1. The standard InChI is InChI=1S/C13H17BrO4/c1-4-17-13(16)9(3)18-12-7-10(14)5-6-11(12)8(2)15/h5-9,15H,4H2,1-3H3/t8-,9?/m1/s1. The molecule has 100 valence electrons. The minimum Gasteiger partial charge on any atom is -0.479 e. The number of carbonyl (C=O) groups is 1. The maximum Gasteiger partial charge on any atom is 0.347 e. The van der Waals surface area contributed by atoms with Gasteiger partial charge in [-0.1, -0.05) is 22.0 Å². The monoisotopic (exact) mass is 316 g/mol. The summed E-state index contributed by atoms with van der Waals surface area (Å²) in [5, 5.41) is 9.64. The van der Waals surface area contributed by atoms with Crippen molar-refractivity contribution in [2.75, 3.05) is 6.61 Å². The minimum atomic E-state index is -0.711. The van der Waals surface area contributed by atoms with E-state index in [2.05, 4.69) is 15.9 Å². The molecule has 4 nitrogen and oxygen atoms in total. The van der Waals surface area contributed by atoms with Gasteiger partial charge in [-0.25, -0.2) is 4.79 Å². The van der Waals surface area contributed by atoms with Gasteiger partial charge in [-0.3, -0.25) is 0 Å². The van der Waals surface area contributed by atoms with E-state index in [4.69, 9.17) is 9.47 Å². The molecule has 0 radical (unpaired) electrons. The quantitative estimate of drug-likeness (QED) is 0.849. The van der Waals surface area contributed by atoms with Gasteiger partial charge in [0.2, 0.25) is 0 Å². The number of ether oxygens (including phenoxy) is 2. The molecule has 0 spiro atoms. The third-order valence-corrected chi connectivity index (χ3v) is 2.84. The molecule has 0 aliphatic rings. The lowest BCUT2D eigenvalue weighted by Gasteiger charge is -2.17. The molecule has 0 fully saturated rings. The fraction of sp³-hybridized carbons (Fsp3) is 0.462. The van der Waals surface area contributed by atoms with Crippen LogP contribution in [0.5, 0.6) is 5.75 Å². The summed E-state index contributed by atoms with van der Waals surface area (Å²) in [6.45, 7) is 5.31. The van der Waals surface area contributed by atoms with E-state index in [-0.39, 0.29) is 0 Å². The predicted octanol–water partition coefficient (Wildman–Crippen LogP) is 2.83. The molecule has 1 N–H and O–H groups in total. The summed E-state index contributed by atoms with van der Waals surface area (Å²) in [6, 6.07) is 5.28. The Morgan fingerprint density at radius 2 is 2.11 bits per heavy atom. The number of rotatable bonds is 5. The highest BCUT2D eigenvalue weighted by Crippen LogP contribution is 2.29. The van der Waals surface area contributed by atoms with E-state index in [9.17, 15) is 9.90 Å². The van der Waals surface area contributed by atoms with Gasteiger partial charge in [0.1, 0.15) is 5.75 Å². The fourth-order valence-corrected chi connectivity index (χ4v) is 1.79. The van der Waals surface area contributed by atoms with Crippen molar-refractivity contribution in [3.8, 4) is 5.75 Å². The van der Waals surface area contributed by atoms with Crippen molar-refractivity contribution in [3.63, 3.8) is 0 Å². The first-order valence-electron chi connectivity index (χ1n) is 5.76. The number of hydrogen-bond acceptors (Lipinski definition) is 4. The molecule has 1 unspecified atom stereocenters. The first-order chi connectivity index (χ1) is 8.45. The Hall–Kier alpha value is -1.07. The zero-order valence-electron chi connectivity index (χ0n) is 10.6. The molecule has 0 amide bonds. The number of halogens is 1. The molecule has 0 bridgehead atoms. The van der Waals surface area contributed by atoms with Gasteiger partial charge in [-0.05, 0) is 32.9 Å². The van der Waals surface area contributed by atoms with Crippen LogP contribution in [0.1, 0.15) is 32.4 Å². The number of benzene rings is 1. The van der Waals surface area contributed by atoms with Crippen LogP contribution in [0.25, 0.3) is 0 Å². The molecule has 18 heavy (non-hydrogen) atoms. The van der Waals surface area contributed by atoms with Crippen LogP contribution in [-0.4, -0.2) is 23.8 Å². The zero-order valence-corrected chi connectivity index (χ0v) is 12.2. The Balaban J connectivity index is 2.88. The molecule has 0 aromatic heterocycles. The summed E-state index contributed by atoms with van der Waals surface area (Å²) in [6.07, 6.45) is -1.38. The summed E-state index contributed by atoms with van der Waals surface area (Å²) >= 11 is 3.33. The maximum absolute atomic E-state index is 11.5. The molecule has 1 aromatic rings. The van der Waals surface area contributed by atoms with Crippen LogP contribution in [0.2, 0.25) is 0 Å². The second kappa shape index (κ2) is 6.75. The molecule has 0 saturated heterocycles. The maximum atomic E-state index is 11.5. The van der Waals surface area contributed by atoms with Crippen molar-refractivity contribution >= 4 is 21.9 Å². The highest BCUT2D eigenvalue weighted by Gasteiger charge is 2.18. The first kappa shape index (κ1) is 15.0. The summed E-state index contributed by atoms with van der Waals surface area (Å²) < 4.78 is 11.2. The molecular weight excluding hydrogens is 300 g/mol. The average molecular weight is 317 g/mol. The van der Waals surface area contributed by atoms with Crippen LogP contribution in [-0.2, 0) is 9.53 Å². The van der Waals surface area contributed by atoms with Gasteiger partial charge in [0.05, 0.1) is 12.7 Å². The average Bonchev–Trinajstić information content (AvgIpc) is 2.28. The van der Waals surface area contributed by atoms with Crippen LogP contribution >= 0.6 is 15.9 Å². The minimum absolute atomic E-state index is 0.314. The van der Waals surface area contributed by atoms with E-state index in [0.29, 0.717) is 17.9 Å². The number of esters is 1. The zero-order chi connectivity index (χ0) is 13.7. The van der Waals surface area contributed by atoms with Crippen molar-refractivity contribution in [2.24, 2.45) is 0 Å². The van der Waals surface area contributed by atoms with E-state index in [1.807, 2.05) is 6.07 Å². The van der Waals surface area contributed by atoms with Crippen LogP contribution in [0, 0.1) is 0 Å². The largest absolute Gasteiger partial charge is 0.479 e. The van der Waals surface area contributed by atoms with E-state index < -0.39 is 18.2 Å². The SMILES string of the molecule is CCOC(=O)C(C)Oc1cc(Br)ccc1[C@@H](C)O. The van der Waals surface area contributed by atoms with Gasteiger partial charge in [0.15, 0.2) is 6.10 Å². The topological polar surface area (TPSA) is 55.8 Å². The van der Waals surface area contributed by atoms with Gasteiger partial charge in [-0.15, -0.1) is 0 Å². The van der Waals surface area contributed by atoms with Crippen LogP contribution in [0.3, 0.4) is 0 Å². The Kier molecular flexibility index (Phi) is 5.62. The molecular formula is C13H17BrO4. The van der Waals surface area contributed by atoms with Gasteiger partial charge >= 0.3 is 5.97 Å². The second-order valence-corrected chi connectivity index (χ2v) is 4.79. The number of aliphatic hydroxyl groups excluding tert-OH is 1. The van der Waals surface area contributed by atoms with Gasteiger partial charge in [-0.2, -0.15) is 0 Å². The van der Waals surface area contributed by atoms with E-state index in [1.165, 1.54) is 0 Å². The number of hydrogen-bond donors (Lipinski definition) is 1. The summed E-state index contributed by atoms with van der Waals surface area (Å²) in [5.41, 5.74) is 0.634. The Morgan fingerprint density at radius 3 is 2.67 bits per heavy atom. The third kappa shape index (κ3) is 3.99. The van der Waals surface area contributed by atoms with Crippen molar-refractivity contribution in [3.05, 3.63) is 28.2 Å². The van der Waals surface area contributed by atoms with Gasteiger partial charge in [0, 0.05) is 10.0 Å². The molecule has 5 heteroatoms. The molecule has 2 atom stereocenters. The van der Waals surface area contributed by atoms with Gasteiger partial charge in [0.25, 0.3) is 0 Å². The molecule has 0 aliphatic heterocycles. The Bertz CT molecular complexity index is 417. The lowest BCUT2D eigenvalue weighted by molar-refractivity contribution is -0.150. The van der Waals surface area contributed by atoms with Crippen molar-refractivity contribution in [1.82, 2.24) is 0 Å². The summed E-state index contributed by atoms with van der Waals surface area (Å²) in [7, 11) is 0. The van der Waals surface area contributed by atoms with Crippen molar-refractivity contribution < 1.29 is 19.4 Å². The highest BCUT2D eigenvalue weighted by molar-refractivity contribution is 9.10. The van der Waals surface area contributed by atoms with Crippen LogP contribution in [0.4, 0.5) is 0 Å². The lowest BCUT2D eigenvalue weighted by Crippen LogP contribution is -2.26. The normalized spacial score (nSPS) is 13.8. The molecule has 1 aromatic carbocycles. The summed E-state index contributed by atoms with van der Waals surface area (Å²) in [5.74, 6) is 0.0500. The van der Waals surface area contributed by atoms with E-state index in [0.717, 1.165) is 4.47 Å². The van der Waals surface area contributed by atoms with Crippen molar-refractivity contribution in [2.45, 2.75) is 33.0 Å².